The summed E-state index contributed by atoms with van der Waals surface area (Å²) in [6.07, 6.45) is 4.07. The summed E-state index contributed by atoms with van der Waals surface area (Å²) in [7, 11) is 0. The molecule has 0 aliphatic carbocycles. The third-order valence-corrected chi connectivity index (χ3v) is 3.96. The van der Waals surface area contributed by atoms with Crippen LogP contribution in [0.5, 0.6) is 0 Å². The number of nitrogens with zero attached hydrogens (tertiary/aromatic N) is 1. The smallest absolute Gasteiger partial charge is 0.0237 e. The first kappa shape index (κ1) is 10.3. The minimum absolute atomic E-state index is 0.738. The number of benzene rings is 1. The highest BCUT2D eigenvalue weighted by Crippen LogP contribution is 2.24. The molecular formula is C14H20N2. The lowest BCUT2D eigenvalue weighted by Crippen LogP contribution is -2.45. The summed E-state index contributed by atoms with van der Waals surface area (Å²) in [5.74, 6) is 0. The molecule has 16 heavy (non-hydrogen) atoms. The summed E-state index contributed by atoms with van der Waals surface area (Å²) in [6, 6.07) is 12.4. The van der Waals surface area contributed by atoms with Gasteiger partial charge in [-0.05, 0) is 31.4 Å². The van der Waals surface area contributed by atoms with Gasteiger partial charge in [-0.3, -0.25) is 4.90 Å². The van der Waals surface area contributed by atoms with Crippen LogP contribution in [0.25, 0.3) is 0 Å². The van der Waals surface area contributed by atoms with E-state index in [2.05, 4.69) is 40.5 Å². The summed E-state index contributed by atoms with van der Waals surface area (Å²) in [5, 5.41) is 3.65. The van der Waals surface area contributed by atoms with Crippen LogP contribution in [0.3, 0.4) is 0 Å². The van der Waals surface area contributed by atoms with Crippen molar-refractivity contribution in [2.24, 2.45) is 0 Å². The van der Waals surface area contributed by atoms with Gasteiger partial charge in [-0.2, -0.15) is 0 Å². The van der Waals surface area contributed by atoms with Crippen molar-refractivity contribution in [3.8, 4) is 0 Å². The van der Waals surface area contributed by atoms with Crippen LogP contribution in [0.15, 0.2) is 30.3 Å². The largest absolute Gasteiger partial charge is 0.313 e. The Morgan fingerprint density at radius 2 is 2.00 bits per heavy atom. The Balaban J connectivity index is 1.71. The quantitative estimate of drug-likeness (QED) is 0.813. The number of fused-ring (bicyclic) bond motifs is 4. The monoisotopic (exact) mass is 216 g/mol. The molecule has 1 aromatic rings. The molecule has 0 radical (unpaired) electrons. The molecule has 0 saturated carbocycles. The van der Waals surface area contributed by atoms with Gasteiger partial charge in [-0.1, -0.05) is 30.3 Å². The van der Waals surface area contributed by atoms with E-state index in [4.69, 9.17) is 0 Å². The van der Waals surface area contributed by atoms with E-state index in [1.54, 1.807) is 0 Å². The minimum atomic E-state index is 0.738. The molecule has 3 fully saturated rings. The number of nitrogens with one attached hydrogen (secondary N) is 1. The topological polar surface area (TPSA) is 15.3 Å². The maximum Gasteiger partial charge on any atom is 0.0237 e. The van der Waals surface area contributed by atoms with Crippen LogP contribution in [0.1, 0.15) is 24.8 Å². The number of hydrogen-bond acceptors (Lipinski definition) is 2. The van der Waals surface area contributed by atoms with Crippen LogP contribution < -0.4 is 5.32 Å². The Morgan fingerprint density at radius 3 is 2.88 bits per heavy atom. The first-order chi connectivity index (χ1) is 7.92. The third kappa shape index (κ3) is 2.13. The van der Waals surface area contributed by atoms with Crippen molar-refractivity contribution in [2.75, 3.05) is 13.1 Å². The average molecular weight is 216 g/mol. The Labute approximate surface area is 97.6 Å². The first-order valence-electron chi connectivity index (χ1n) is 6.43. The fourth-order valence-corrected chi connectivity index (χ4v) is 3.06. The minimum Gasteiger partial charge on any atom is -0.313 e. The van der Waals surface area contributed by atoms with E-state index in [0.717, 1.165) is 18.6 Å². The zero-order valence-electron chi connectivity index (χ0n) is 9.73. The second-order valence-electron chi connectivity index (χ2n) is 5.09. The molecule has 0 spiro atoms. The molecule has 2 bridgehead atoms. The molecule has 2 heteroatoms. The standard InChI is InChI=1S/C14H20N2/c1-2-4-12(5-3-1)10-16-11-13-6-7-14(16)8-9-15-13/h1-5,13-15H,6-11H2. The molecule has 3 heterocycles. The second-order valence-corrected chi connectivity index (χ2v) is 5.09. The molecule has 2 atom stereocenters. The van der Waals surface area contributed by atoms with Crippen molar-refractivity contribution >= 4 is 0 Å². The first-order valence-corrected chi connectivity index (χ1v) is 6.43. The van der Waals surface area contributed by atoms with Gasteiger partial charge in [0, 0.05) is 25.2 Å². The van der Waals surface area contributed by atoms with E-state index in [-0.39, 0.29) is 0 Å². The SMILES string of the molecule is c1ccc(CN2CC3CCC2CCN3)cc1. The zero-order chi connectivity index (χ0) is 10.8. The number of hydrogen-bond donors (Lipinski definition) is 1. The van der Waals surface area contributed by atoms with Crippen molar-refractivity contribution in [1.82, 2.24) is 10.2 Å². The lowest BCUT2D eigenvalue weighted by atomic mass is 9.98. The van der Waals surface area contributed by atoms with Crippen LogP contribution in [-0.2, 0) is 6.54 Å². The lowest BCUT2D eigenvalue weighted by molar-refractivity contribution is 0.135. The molecule has 2 nitrogen and oxygen atoms in total. The van der Waals surface area contributed by atoms with Crippen LogP contribution in [0.2, 0.25) is 0 Å². The molecule has 4 rings (SSSR count). The van der Waals surface area contributed by atoms with Crippen LogP contribution in [0, 0.1) is 0 Å². The van der Waals surface area contributed by atoms with Gasteiger partial charge >= 0.3 is 0 Å². The van der Waals surface area contributed by atoms with Crippen molar-refractivity contribution < 1.29 is 0 Å². The number of rotatable bonds is 2. The van der Waals surface area contributed by atoms with Gasteiger partial charge in [0.25, 0.3) is 0 Å². The van der Waals surface area contributed by atoms with Crippen LogP contribution >= 0.6 is 0 Å². The van der Waals surface area contributed by atoms with E-state index in [1.807, 2.05) is 0 Å². The maximum atomic E-state index is 3.65. The number of piperidine rings is 1. The van der Waals surface area contributed by atoms with Crippen molar-refractivity contribution in [2.45, 2.75) is 37.9 Å². The predicted octanol–water partition coefficient (Wildman–Crippen LogP) is 2.01. The summed E-state index contributed by atoms with van der Waals surface area (Å²) >= 11 is 0. The van der Waals surface area contributed by atoms with Crippen molar-refractivity contribution in [3.63, 3.8) is 0 Å². The molecule has 3 saturated heterocycles. The van der Waals surface area contributed by atoms with Crippen LogP contribution in [-0.4, -0.2) is 30.1 Å². The van der Waals surface area contributed by atoms with E-state index in [0.29, 0.717) is 0 Å². The van der Waals surface area contributed by atoms with Gasteiger partial charge in [0.05, 0.1) is 0 Å². The molecule has 2 unspecified atom stereocenters. The fraction of sp³-hybridized carbons (Fsp3) is 0.571. The Kier molecular flexibility index (Phi) is 2.94. The molecule has 3 aliphatic heterocycles. The third-order valence-electron chi connectivity index (χ3n) is 3.96. The maximum absolute atomic E-state index is 3.65. The van der Waals surface area contributed by atoms with Crippen molar-refractivity contribution in [1.29, 1.82) is 0 Å². The van der Waals surface area contributed by atoms with Gasteiger partial charge < -0.3 is 5.32 Å². The van der Waals surface area contributed by atoms with Gasteiger partial charge in [0.2, 0.25) is 0 Å². The van der Waals surface area contributed by atoms with E-state index in [9.17, 15) is 0 Å². The fourth-order valence-electron chi connectivity index (χ4n) is 3.06. The molecule has 1 aromatic carbocycles. The van der Waals surface area contributed by atoms with E-state index in [1.165, 1.54) is 37.9 Å². The average Bonchev–Trinajstić information content (AvgIpc) is 2.65. The molecule has 0 amide bonds. The lowest BCUT2D eigenvalue weighted by Gasteiger charge is -2.36. The summed E-state index contributed by atoms with van der Waals surface area (Å²) in [5.41, 5.74) is 1.45. The molecule has 86 valence electrons. The molecule has 0 aromatic heterocycles. The van der Waals surface area contributed by atoms with E-state index >= 15 is 0 Å². The van der Waals surface area contributed by atoms with Crippen LogP contribution in [0.4, 0.5) is 0 Å². The molecular weight excluding hydrogens is 196 g/mol. The van der Waals surface area contributed by atoms with Gasteiger partial charge in [0.15, 0.2) is 0 Å². The predicted molar refractivity (Wildman–Crippen MR) is 66.3 cm³/mol. The zero-order valence-corrected chi connectivity index (χ0v) is 9.73. The van der Waals surface area contributed by atoms with Gasteiger partial charge in [-0.25, -0.2) is 0 Å². The van der Waals surface area contributed by atoms with Gasteiger partial charge in [-0.15, -0.1) is 0 Å². The normalized spacial score (nSPS) is 30.2. The Morgan fingerprint density at radius 1 is 1.12 bits per heavy atom. The summed E-state index contributed by atoms with van der Waals surface area (Å²) < 4.78 is 0. The molecule has 3 aliphatic rings. The van der Waals surface area contributed by atoms with E-state index < -0.39 is 0 Å². The second kappa shape index (κ2) is 4.56. The van der Waals surface area contributed by atoms with Crippen molar-refractivity contribution in [3.05, 3.63) is 35.9 Å². The Hall–Kier alpha value is -0.860. The highest BCUT2D eigenvalue weighted by molar-refractivity contribution is 5.15. The molecule has 1 N–H and O–H groups in total. The Bertz CT molecular complexity index is 332. The highest BCUT2D eigenvalue weighted by atomic mass is 15.2. The summed E-state index contributed by atoms with van der Waals surface area (Å²) in [6.45, 7) is 3.57. The van der Waals surface area contributed by atoms with Gasteiger partial charge in [0.1, 0.15) is 0 Å². The highest BCUT2D eigenvalue weighted by Gasteiger charge is 2.30. The summed E-state index contributed by atoms with van der Waals surface area (Å²) in [4.78, 5) is 2.67.